The third kappa shape index (κ3) is 10.9. The fraction of sp³-hybridized carbons (Fsp3) is 0.682. The maximum absolute atomic E-state index is 11.8. The summed E-state index contributed by atoms with van der Waals surface area (Å²) >= 11 is 0. The molecule has 0 spiro atoms. The van der Waals surface area contributed by atoms with Gasteiger partial charge in [-0.3, -0.25) is 0 Å². The molecule has 25 heavy (non-hydrogen) atoms. The van der Waals surface area contributed by atoms with Crippen molar-refractivity contribution in [1.29, 1.82) is 0 Å². The number of hydrogen-bond acceptors (Lipinski definition) is 3. The predicted molar refractivity (Wildman–Crippen MR) is 104 cm³/mol. The Bertz CT molecular complexity index is 456. The Morgan fingerprint density at radius 2 is 1.40 bits per heavy atom. The Labute approximate surface area is 154 Å². The average Bonchev–Trinajstić information content (AvgIpc) is 2.62. The molecule has 0 heterocycles. The molecule has 0 amide bonds. The maximum atomic E-state index is 11.8. The van der Waals surface area contributed by atoms with Crippen LogP contribution in [0.2, 0.25) is 0 Å². The molecule has 142 valence electrons. The van der Waals surface area contributed by atoms with E-state index in [-0.39, 0.29) is 0 Å². The molecule has 0 fully saturated rings. The van der Waals surface area contributed by atoms with Crippen molar-refractivity contribution in [3.05, 3.63) is 29.8 Å². The van der Waals surface area contributed by atoms with Gasteiger partial charge in [-0.05, 0) is 30.9 Å². The molecule has 0 N–H and O–H groups in total. The van der Waals surface area contributed by atoms with Gasteiger partial charge in [-0.15, -0.1) is 0 Å². The van der Waals surface area contributed by atoms with E-state index in [0.29, 0.717) is 12.4 Å². The fourth-order valence-electron chi connectivity index (χ4n) is 2.89. The van der Waals surface area contributed by atoms with Crippen molar-refractivity contribution >= 4 is 6.16 Å². The summed E-state index contributed by atoms with van der Waals surface area (Å²) < 4.78 is 10.5. The number of para-hydroxylation sites is 1. The first-order valence-electron chi connectivity index (χ1n) is 10.2. The highest BCUT2D eigenvalue weighted by molar-refractivity contribution is 5.64. The highest BCUT2D eigenvalue weighted by Gasteiger charge is 2.09. The van der Waals surface area contributed by atoms with Crippen molar-refractivity contribution in [1.82, 2.24) is 0 Å². The third-order valence-corrected chi connectivity index (χ3v) is 4.43. The molecule has 0 unspecified atom stereocenters. The summed E-state index contributed by atoms with van der Waals surface area (Å²) in [6, 6.07) is 7.80. The second kappa shape index (κ2) is 14.8. The summed E-state index contributed by atoms with van der Waals surface area (Å²) in [6.45, 7) is 4.81. The van der Waals surface area contributed by atoms with Crippen LogP contribution in [0.4, 0.5) is 4.79 Å². The quantitative estimate of drug-likeness (QED) is 0.205. The summed E-state index contributed by atoms with van der Waals surface area (Å²) in [4.78, 5) is 11.8. The van der Waals surface area contributed by atoms with E-state index in [0.717, 1.165) is 37.7 Å². The van der Waals surface area contributed by atoms with Crippen molar-refractivity contribution in [3.8, 4) is 5.75 Å². The van der Waals surface area contributed by atoms with Crippen LogP contribution in [0.25, 0.3) is 0 Å². The number of rotatable bonds is 14. The van der Waals surface area contributed by atoms with Gasteiger partial charge in [-0.25, -0.2) is 4.79 Å². The molecule has 1 aromatic carbocycles. The van der Waals surface area contributed by atoms with E-state index in [2.05, 4.69) is 13.8 Å². The van der Waals surface area contributed by atoms with Gasteiger partial charge in [0, 0.05) is 0 Å². The zero-order chi connectivity index (χ0) is 18.2. The maximum Gasteiger partial charge on any atom is 0.513 e. The van der Waals surface area contributed by atoms with Gasteiger partial charge in [0.2, 0.25) is 0 Å². The van der Waals surface area contributed by atoms with E-state index in [9.17, 15) is 4.79 Å². The highest BCUT2D eigenvalue weighted by Crippen LogP contribution is 2.21. The third-order valence-electron chi connectivity index (χ3n) is 4.43. The number of carbonyl (C=O) groups excluding carboxylic acids is 1. The van der Waals surface area contributed by atoms with Gasteiger partial charge >= 0.3 is 6.16 Å². The van der Waals surface area contributed by atoms with Gasteiger partial charge in [-0.2, -0.15) is 0 Å². The minimum Gasteiger partial charge on any atom is -0.434 e. The van der Waals surface area contributed by atoms with Gasteiger partial charge in [0.05, 0.1) is 6.61 Å². The number of aryl methyl sites for hydroxylation is 1. The van der Waals surface area contributed by atoms with Crippen molar-refractivity contribution < 1.29 is 14.3 Å². The molecule has 1 rings (SSSR count). The lowest BCUT2D eigenvalue weighted by Gasteiger charge is -2.10. The zero-order valence-electron chi connectivity index (χ0n) is 16.2. The van der Waals surface area contributed by atoms with Crippen LogP contribution in [0.1, 0.15) is 90.0 Å². The van der Waals surface area contributed by atoms with Crippen LogP contribution in [0.3, 0.4) is 0 Å². The second-order valence-corrected chi connectivity index (χ2v) is 6.74. The van der Waals surface area contributed by atoms with Crippen LogP contribution in [0.5, 0.6) is 5.75 Å². The molecule has 3 heteroatoms. The van der Waals surface area contributed by atoms with Gasteiger partial charge in [0.1, 0.15) is 5.75 Å². The van der Waals surface area contributed by atoms with Crippen molar-refractivity contribution in [2.45, 2.75) is 90.9 Å². The predicted octanol–water partition coefficient (Wildman–Crippen LogP) is 7.08. The average molecular weight is 349 g/mol. The number of hydrogen-bond donors (Lipinski definition) is 0. The van der Waals surface area contributed by atoms with E-state index in [1.807, 2.05) is 24.3 Å². The van der Waals surface area contributed by atoms with Crippen LogP contribution in [-0.2, 0) is 11.2 Å². The standard InChI is InChI=1S/C22H36O3/c1-3-5-7-8-9-10-11-12-16-20-17-13-14-18-21(20)25-22(23)24-19-15-6-4-2/h13-14,17-18H,3-12,15-16,19H2,1-2H3. The molecule has 0 atom stereocenters. The van der Waals surface area contributed by atoms with Gasteiger partial charge in [-0.1, -0.05) is 89.8 Å². The first kappa shape index (κ1) is 21.5. The number of ether oxygens (including phenoxy) is 2. The smallest absolute Gasteiger partial charge is 0.434 e. The van der Waals surface area contributed by atoms with Crippen LogP contribution in [-0.4, -0.2) is 12.8 Å². The summed E-state index contributed by atoms with van der Waals surface area (Å²) in [7, 11) is 0. The first-order valence-corrected chi connectivity index (χ1v) is 10.2. The second-order valence-electron chi connectivity index (χ2n) is 6.74. The van der Waals surface area contributed by atoms with Crippen molar-refractivity contribution in [2.75, 3.05) is 6.61 Å². The highest BCUT2D eigenvalue weighted by atomic mass is 16.7. The van der Waals surface area contributed by atoms with E-state index in [1.165, 1.54) is 44.9 Å². The van der Waals surface area contributed by atoms with Crippen LogP contribution in [0, 0.1) is 0 Å². The zero-order valence-corrected chi connectivity index (χ0v) is 16.2. The fourth-order valence-corrected chi connectivity index (χ4v) is 2.89. The van der Waals surface area contributed by atoms with Crippen molar-refractivity contribution in [2.24, 2.45) is 0 Å². The number of unbranched alkanes of at least 4 members (excludes halogenated alkanes) is 9. The van der Waals surface area contributed by atoms with Crippen LogP contribution < -0.4 is 4.74 Å². The molecule has 0 aliphatic heterocycles. The minimum absolute atomic E-state index is 0.437. The summed E-state index contributed by atoms with van der Waals surface area (Å²) in [5.41, 5.74) is 1.10. The first-order chi connectivity index (χ1) is 12.3. The molecule has 0 bridgehead atoms. The summed E-state index contributed by atoms with van der Waals surface area (Å²) in [6.07, 6.45) is 13.8. The van der Waals surface area contributed by atoms with Crippen molar-refractivity contribution in [3.63, 3.8) is 0 Å². The molecular formula is C22H36O3. The van der Waals surface area contributed by atoms with E-state index >= 15 is 0 Å². The lowest BCUT2D eigenvalue weighted by atomic mass is 10.0. The molecular weight excluding hydrogens is 312 g/mol. The van der Waals surface area contributed by atoms with Crippen LogP contribution in [0.15, 0.2) is 24.3 Å². The van der Waals surface area contributed by atoms with E-state index in [4.69, 9.17) is 9.47 Å². The summed E-state index contributed by atoms with van der Waals surface area (Å²) in [5.74, 6) is 0.644. The molecule has 1 aromatic rings. The summed E-state index contributed by atoms with van der Waals surface area (Å²) in [5, 5.41) is 0. The largest absolute Gasteiger partial charge is 0.513 e. The topological polar surface area (TPSA) is 35.5 Å². The van der Waals surface area contributed by atoms with Gasteiger partial charge < -0.3 is 9.47 Å². The Morgan fingerprint density at radius 1 is 0.800 bits per heavy atom. The Hall–Kier alpha value is -1.51. The Balaban J connectivity index is 2.25. The van der Waals surface area contributed by atoms with Crippen LogP contribution >= 0.6 is 0 Å². The lowest BCUT2D eigenvalue weighted by molar-refractivity contribution is 0.0971. The normalized spacial score (nSPS) is 10.6. The molecule has 0 aromatic heterocycles. The lowest BCUT2D eigenvalue weighted by Crippen LogP contribution is -2.12. The number of carbonyl (C=O) groups is 1. The monoisotopic (exact) mass is 348 g/mol. The van der Waals surface area contributed by atoms with Gasteiger partial charge in [0.25, 0.3) is 0 Å². The molecule has 0 radical (unpaired) electrons. The van der Waals surface area contributed by atoms with E-state index < -0.39 is 6.16 Å². The SMILES string of the molecule is CCCCCCCCCCc1ccccc1OC(=O)OCCCCC. The van der Waals surface area contributed by atoms with Gasteiger partial charge in [0.15, 0.2) is 0 Å². The molecule has 0 aliphatic carbocycles. The molecule has 0 aliphatic rings. The van der Waals surface area contributed by atoms with E-state index in [1.54, 1.807) is 0 Å². The minimum atomic E-state index is -0.584. The number of benzene rings is 1. The molecule has 0 saturated heterocycles. The Kier molecular flexibility index (Phi) is 12.7. The Morgan fingerprint density at radius 3 is 2.12 bits per heavy atom. The molecule has 0 saturated carbocycles. The molecule has 3 nitrogen and oxygen atoms in total.